The zero-order valence-corrected chi connectivity index (χ0v) is 21.0. The Hall–Kier alpha value is -3.86. The fraction of sp³-hybridized carbons (Fsp3) is 0. The molecular formula is C32H22O2S2. The summed E-state index contributed by atoms with van der Waals surface area (Å²) in [4.78, 5) is 2.10. The van der Waals surface area contributed by atoms with Gasteiger partial charge in [0.25, 0.3) is 0 Å². The first kappa shape index (κ1) is 22.6. The highest BCUT2D eigenvalue weighted by atomic mass is 33.1. The van der Waals surface area contributed by atoms with Crippen molar-refractivity contribution >= 4 is 43.1 Å². The van der Waals surface area contributed by atoms with Gasteiger partial charge in [-0.05, 0) is 68.8 Å². The molecule has 0 unspecified atom stereocenters. The van der Waals surface area contributed by atoms with Gasteiger partial charge in [-0.1, -0.05) is 97.1 Å². The van der Waals surface area contributed by atoms with Crippen LogP contribution < -0.4 is 9.47 Å². The van der Waals surface area contributed by atoms with Gasteiger partial charge in [-0.15, -0.1) is 0 Å². The molecule has 174 valence electrons. The van der Waals surface area contributed by atoms with Crippen molar-refractivity contribution in [1.29, 1.82) is 0 Å². The minimum Gasteiger partial charge on any atom is -0.456 e. The van der Waals surface area contributed by atoms with Crippen LogP contribution in [-0.2, 0) is 0 Å². The zero-order chi connectivity index (χ0) is 24.2. The highest BCUT2D eigenvalue weighted by Gasteiger charge is 2.12. The predicted molar refractivity (Wildman–Crippen MR) is 153 cm³/mol. The van der Waals surface area contributed by atoms with E-state index in [-0.39, 0.29) is 0 Å². The van der Waals surface area contributed by atoms with Crippen molar-refractivity contribution in [3.8, 4) is 23.0 Å². The van der Waals surface area contributed by atoms with E-state index < -0.39 is 0 Å². The molecular weight excluding hydrogens is 480 g/mol. The highest BCUT2D eigenvalue weighted by Crippen LogP contribution is 2.47. The van der Waals surface area contributed by atoms with Crippen molar-refractivity contribution in [1.82, 2.24) is 0 Å². The van der Waals surface area contributed by atoms with Crippen LogP contribution in [0.3, 0.4) is 0 Å². The Morgan fingerprint density at radius 1 is 0.333 bits per heavy atom. The van der Waals surface area contributed by atoms with Crippen LogP contribution >= 0.6 is 21.6 Å². The van der Waals surface area contributed by atoms with Crippen molar-refractivity contribution in [3.63, 3.8) is 0 Å². The van der Waals surface area contributed by atoms with Gasteiger partial charge in [-0.25, -0.2) is 0 Å². The van der Waals surface area contributed by atoms with Gasteiger partial charge in [-0.2, -0.15) is 0 Å². The summed E-state index contributed by atoms with van der Waals surface area (Å²) in [5.41, 5.74) is 0. The summed E-state index contributed by atoms with van der Waals surface area (Å²) in [5, 5.41) is 4.52. The Morgan fingerprint density at radius 2 is 0.694 bits per heavy atom. The number of hydrogen-bond acceptors (Lipinski definition) is 4. The third-order valence-corrected chi connectivity index (χ3v) is 8.30. The lowest BCUT2D eigenvalue weighted by atomic mass is 10.1. The minimum atomic E-state index is 0.832. The Morgan fingerprint density at radius 3 is 1.19 bits per heavy atom. The highest BCUT2D eigenvalue weighted by molar-refractivity contribution is 8.76. The quantitative estimate of drug-likeness (QED) is 0.202. The van der Waals surface area contributed by atoms with Crippen LogP contribution in [0.25, 0.3) is 21.5 Å². The van der Waals surface area contributed by atoms with Crippen LogP contribution in [-0.4, -0.2) is 0 Å². The second-order valence-electron chi connectivity index (χ2n) is 8.22. The summed E-state index contributed by atoms with van der Waals surface area (Å²) < 4.78 is 12.8. The predicted octanol–water partition coefficient (Wildman–Crippen LogP) is 10.4. The first-order chi connectivity index (χ1) is 17.8. The monoisotopic (exact) mass is 502 g/mol. The first-order valence-electron chi connectivity index (χ1n) is 11.7. The average molecular weight is 503 g/mol. The molecule has 6 rings (SSSR count). The van der Waals surface area contributed by atoms with E-state index in [4.69, 9.17) is 9.47 Å². The molecule has 0 spiro atoms. The lowest BCUT2D eigenvalue weighted by molar-refractivity contribution is 0.476. The van der Waals surface area contributed by atoms with Crippen molar-refractivity contribution in [2.45, 2.75) is 9.79 Å². The molecule has 0 saturated carbocycles. The Labute approximate surface area is 218 Å². The Bertz CT molecular complexity index is 1530. The van der Waals surface area contributed by atoms with Gasteiger partial charge in [0.15, 0.2) is 0 Å². The molecule has 0 heterocycles. The lowest BCUT2D eigenvalue weighted by Crippen LogP contribution is -1.89. The molecule has 0 radical (unpaired) electrons. The van der Waals surface area contributed by atoms with E-state index in [1.165, 1.54) is 0 Å². The fourth-order valence-electron chi connectivity index (χ4n) is 4.10. The Kier molecular flexibility index (Phi) is 6.53. The van der Waals surface area contributed by atoms with Crippen LogP contribution in [0.5, 0.6) is 23.0 Å². The van der Waals surface area contributed by atoms with Crippen molar-refractivity contribution < 1.29 is 9.47 Å². The van der Waals surface area contributed by atoms with Gasteiger partial charge in [0.1, 0.15) is 23.0 Å². The number of fused-ring (bicyclic) bond motifs is 2. The molecule has 0 bridgehead atoms. The van der Waals surface area contributed by atoms with E-state index >= 15 is 0 Å². The van der Waals surface area contributed by atoms with E-state index in [0.29, 0.717) is 0 Å². The van der Waals surface area contributed by atoms with Crippen molar-refractivity contribution in [2.75, 3.05) is 0 Å². The third kappa shape index (κ3) is 4.78. The molecule has 0 amide bonds. The van der Waals surface area contributed by atoms with Gasteiger partial charge < -0.3 is 9.47 Å². The molecule has 4 heteroatoms. The van der Waals surface area contributed by atoms with E-state index in [0.717, 1.165) is 54.3 Å². The zero-order valence-electron chi connectivity index (χ0n) is 19.3. The summed E-state index contributed by atoms with van der Waals surface area (Å²) in [6.45, 7) is 0. The number of ether oxygens (including phenoxy) is 2. The van der Waals surface area contributed by atoms with Crippen LogP contribution in [0.1, 0.15) is 0 Å². The maximum absolute atomic E-state index is 6.42. The number of para-hydroxylation sites is 2. The maximum Gasteiger partial charge on any atom is 0.141 e. The van der Waals surface area contributed by atoms with E-state index in [2.05, 4.69) is 48.5 Å². The van der Waals surface area contributed by atoms with E-state index in [1.54, 1.807) is 21.6 Å². The molecule has 0 fully saturated rings. The molecule has 0 aromatic heterocycles. The van der Waals surface area contributed by atoms with E-state index in [9.17, 15) is 0 Å². The second-order valence-corrected chi connectivity index (χ2v) is 10.4. The van der Waals surface area contributed by atoms with Gasteiger partial charge in [0.05, 0.1) is 9.79 Å². The van der Waals surface area contributed by atoms with Crippen LogP contribution in [0.15, 0.2) is 143 Å². The SMILES string of the molecule is c1ccc(SSc2ccccc2Oc2cccc3ccccc23)c(Oc2cccc3ccccc23)c1. The van der Waals surface area contributed by atoms with Gasteiger partial charge in [0, 0.05) is 10.8 Å². The van der Waals surface area contributed by atoms with E-state index in [1.807, 2.05) is 84.9 Å². The molecule has 6 aromatic rings. The molecule has 0 aliphatic heterocycles. The first-order valence-corrected chi connectivity index (χ1v) is 13.8. The van der Waals surface area contributed by atoms with Crippen molar-refractivity contribution in [3.05, 3.63) is 133 Å². The summed E-state index contributed by atoms with van der Waals surface area (Å²) in [6.07, 6.45) is 0. The molecule has 0 aliphatic rings. The van der Waals surface area contributed by atoms with Crippen LogP contribution in [0, 0.1) is 0 Å². The topological polar surface area (TPSA) is 18.5 Å². The molecule has 6 aromatic carbocycles. The second kappa shape index (κ2) is 10.4. The van der Waals surface area contributed by atoms with Gasteiger partial charge in [0.2, 0.25) is 0 Å². The number of benzene rings is 6. The minimum absolute atomic E-state index is 0.832. The smallest absolute Gasteiger partial charge is 0.141 e. The van der Waals surface area contributed by atoms with Crippen molar-refractivity contribution in [2.24, 2.45) is 0 Å². The van der Waals surface area contributed by atoms with Crippen LogP contribution in [0.2, 0.25) is 0 Å². The average Bonchev–Trinajstić information content (AvgIpc) is 2.94. The normalized spacial score (nSPS) is 11.0. The molecule has 0 N–H and O–H groups in total. The number of rotatable bonds is 7. The molecule has 0 saturated heterocycles. The molecule has 2 nitrogen and oxygen atoms in total. The maximum atomic E-state index is 6.42. The summed E-state index contributed by atoms with van der Waals surface area (Å²) in [7, 11) is 3.33. The third-order valence-electron chi connectivity index (χ3n) is 5.86. The van der Waals surface area contributed by atoms with Gasteiger partial charge >= 0.3 is 0 Å². The molecule has 0 atom stereocenters. The van der Waals surface area contributed by atoms with Crippen LogP contribution in [0.4, 0.5) is 0 Å². The standard InChI is InChI=1S/C32H22O2S2/c1-3-15-25-23(11-1)13-9-19-27(25)33-29-17-5-7-21-31(29)35-36-32-22-8-6-18-30(32)34-28-20-10-14-24-12-2-4-16-26(24)28/h1-22H. The Balaban J connectivity index is 1.25. The molecule has 0 aliphatic carbocycles. The largest absolute Gasteiger partial charge is 0.456 e. The fourth-order valence-corrected chi connectivity index (χ4v) is 6.30. The molecule has 36 heavy (non-hydrogen) atoms. The number of hydrogen-bond donors (Lipinski definition) is 0. The summed E-state index contributed by atoms with van der Waals surface area (Å²) in [5.74, 6) is 3.37. The van der Waals surface area contributed by atoms with Gasteiger partial charge in [-0.3, -0.25) is 0 Å². The summed E-state index contributed by atoms with van der Waals surface area (Å²) in [6, 6.07) is 45.2. The lowest BCUT2D eigenvalue weighted by Gasteiger charge is -2.14. The summed E-state index contributed by atoms with van der Waals surface area (Å²) >= 11 is 0.